The van der Waals surface area contributed by atoms with E-state index in [4.69, 9.17) is 14.6 Å². The highest BCUT2D eigenvalue weighted by Gasteiger charge is 2.48. The highest BCUT2D eigenvalue weighted by atomic mass is 16.7. The number of nitrogens with zero attached hydrogens (tertiary/aromatic N) is 1. The van der Waals surface area contributed by atoms with Crippen molar-refractivity contribution in [3.8, 4) is 0 Å². The van der Waals surface area contributed by atoms with Crippen LogP contribution in [0.4, 0.5) is 0 Å². The summed E-state index contributed by atoms with van der Waals surface area (Å²) in [5, 5.41) is 38.7. The fourth-order valence-corrected chi connectivity index (χ4v) is 2.94. The molecule has 1 heterocycles. The van der Waals surface area contributed by atoms with Gasteiger partial charge in [-0.05, 0) is 32.9 Å². The highest BCUT2D eigenvalue weighted by Crippen LogP contribution is 2.24. The molecule has 9 heteroatoms. The quantitative estimate of drug-likeness (QED) is 0.492. The molecule has 1 saturated heterocycles. The van der Waals surface area contributed by atoms with Gasteiger partial charge in [0.2, 0.25) is 0 Å². The molecule has 1 unspecified atom stereocenters. The van der Waals surface area contributed by atoms with Crippen LogP contribution in [0.2, 0.25) is 0 Å². The second-order valence-corrected chi connectivity index (χ2v) is 6.43. The van der Waals surface area contributed by atoms with E-state index < -0.39 is 42.9 Å². The van der Waals surface area contributed by atoms with Crippen LogP contribution in [0.15, 0.2) is 24.3 Å². The summed E-state index contributed by atoms with van der Waals surface area (Å²) in [4.78, 5) is 25.3. The number of hydrogen-bond acceptors (Lipinski definition) is 7. The van der Waals surface area contributed by atoms with Crippen molar-refractivity contribution in [3.05, 3.63) is 35.4 Å². The average Bonchev–Trinajstić information content (AvgIpc) is 2.62. The molecule has 1 aromatic carbocycles. The van der Waals surface area contributed by atoms with E-state index in [1.54, 1.807) is 32.0 Å². The Balaban J connectivity index is 2.14. The van der Waals surface area contributed by atoms with Gasteiger partial charge in [-0.1, -0.05) is 17.7 Å². The molecule has 9 nitrogen and oxygen atoms in total. The van der Waals surface area contributed by atoms with Crippen LogP contribution in [-0.2, 0) is 14.3 Å². The van der Waals surface area contributed by atoms with Crippen molar-refractivity contribution >= 4 is 11.9 Å². The maximum Gasteiger partial charge on any atom is 0.335 e. The highest BCUT2D eigenvalue weighted by molar-refractivity contribution is 5.94. The number of hydrogen-bond donors (Lipinski definition) is 4. The van der Waals surface area contributed by atoms with Gasteiger partial charge < -0.3 is 34.8 Å². The summed E-state index contributed by atoms with van der Waals surface area (Å²) < 4.78 is 10.6. The Morgan fingerprint density at radius 2 is 1.89 bits per heavy atom. The van der Waals surface area contributed by atoms with Crippen LogP contribution in [0.5, 0.6) is 0 Å². The van der Waals surface area contributed by atoms with Crippen molar-refractivity contribution in [3.63, 3.8) is 0 Å². The van der Waals surface area contributed by atoms with Crippen LogP contribution in [0, 0.1) is 6.92 Å². The van der Waals surface area contributed by atoms with E-state index in [1.807, 2.05) is 13.0 Å². The summed E-state index contributed by atoms with van der Waals surface area (Å²) >= 11 is 0. The van der Waals surface area contributed by atoms with Crippen LogP contribution in [-0.4, -0.2) is 80.7 Å². The molecule has 1 fully saturated rings. The molecule has 2 rings (SSSR count). The first-order valence-corrected chi connectivity index (χ1v) is 8.63. The van der Waals surface area contributed by atoms with E-state index in [0.29, 0.717) is 5.56 Å². The molecule has 1 aromatic rings. The molecule has 0 aromatic heterocycles. The average molecular weight is 383 g/mol. The van der Waals surface area contributed by atoms with Gasteiger partial charge in [-0.25, -0.2) is 4.79 Å². The van der Waals surface area contributed by atoms with E-state index >= 15 is 0 Å². The number of aryl methyl sites for hydroxylation is 1. The van der Waals surface area contributed by atoms with Crippen molar-refractivity contribution in [2.24, 2.45) is 0 Å². The third kappa shape index (κ3) is 4.63. The van der Waals surface area contributed by atoms with Crippen molar-refractivity contribution in [1.82, 2.24) is 4.90 Å². The number of carbonyl (C=O) groups excluding carboxylic acids is 1. The third-order valence-corrected chi connectivity index (χ3v) is 4.45. The lowest BCUT2D eigenvalue weighted by atomic mass is 9.99. The number of amides is 1. The number of carboxylic acid groups (broad SMARTS) is 1. The van der Waals surface area contributed by atoms with Gasteiger partial charge in [0, 0.05) is 12.1 Å². The molecule has 1 aliphatic rings. The first-order chi connectivity index (χ1) is 12.7. The van der Waals surface area contributed by atoms with Crippen molar-refractivity contribution in [1.29, 1.82) is 0 Å². The zero-order chi connectivity index (χ0) is 20.3. The van der Waals surface area contributed by atoms with Gasteiger partial charge in [-0.2, -0.15) is 0 Å². The van der Waals surface area contributed by atoms with Crippen LogP contribution >= 0.6 is 0 Å². The van der Waals surface area contributed by atoms with E-state index in [0.717, 1.165) is 5.56 Å². The molecule has 1 amide bonds. The monoisotopic (exact) mass is 383 g/mol. The fraction of sp³-hybridized carbons (Fsp3) is 0.556. The number of carboxylic acids is 1. The van der Waals surface area contributed by atoms with Crippen LogP contribution in [0.25, 0.3) is 0 Å². The Hall–Kier alpha value is -2.04. The van der Waals surface area contributed by atoms with E-state index in [1.165, 1.54) is 4.90 Å². The van der Waals surface area contributed by atoms with Crippen LogP contribution in [0.3, 0.4) is 0 Å². The minimum atomic E-state index is -1.80. The van der Waals surface area contributed by atoms with E-state index in [9.17, 15) is 24.9 Å². The Kier molecular flexibility index (Phi) is 6.90. The normalized spacial score (nSPS) is 29.2. The maximum absolute atomic E-state index is 12.7. The van der Waals surface area contributed by atoms with Crippen molar-refractivity contribution in [2.45, 2.75) is 57.7 Å². The van der Waals surface area contributed by atoms with Crippen LogP contribution in [0.1, 0.15) is 29.8 Å². The zero-order valence-corrected chi connectivity index (χ0v) is 15.3. The van der Waals surface area contributed by atoms with E-state index in [2.05, 4.69) is 0 Å². The minimum absolute atomic E-state index is 0.282. The molecule has 0 spiro atoms. The number of aliphatic carboxylic acids is 1. The van der Waals surface area contributed by atoms with Crippen molar-refractivity contribution in [2.75, 3.05) is 6.54 Å². The molecule has 0 aliphatic carbocycles. The Morgan fingerprint density at radius 3 is 2.44 bits per heavy atom. The standard InChI is InChI=1S/C18H25NO8/c1-4-19(16(23)11-7-5-6-9(2)8-11)10(3)26-18-14(22)12(20)13(21)15(27-18)17(24)25/h5-8,10,12-15,18,20-22H,4H2,1-3H3,(H,24,25)/t10?,12-,13-,14+,15-,18+/m0/s1. The lowest BCUT2D eigenvalue weighted by Crippen LogP contribution is -2.61. The SMILES string of the molecule is CCN(C(=O)c1cccc(C)c1)C(C)O[C@@H]1O[C@H](C(=O)O)[C@@H](O)[C@H](O)[C@H]1O. The second-order valence-electron chi connectivity index (χ2n) is 6.43. The number of carbonyl (C=O) groups is 2. The van der Waals surface area contributed by atoms with Gasteiger partial charge >= 0.3 is 5.97 Å². The lowest BCUT2D eigenvalue weighted by Gasteiger charge is -2.40. The molecule has 0 saturated carbocycles. The van der Waals surface area contributed by atoms with Gasteiger partial charge in [-0.3, -0.25) is 4.79 Å². The molecule has 150 valence electrons. The molecule has 27 heavy (non-hydrogen) atoms. The second kappa shape index (κ2) is 8.77. The predicted octanol–water partition coefficient (Wildman–Crippen LogP) is -0.288. The lowest BCUT2D eigenvalue weighted by molar-refractivity contribution is -0.311. The largest absolute Gasteiger partial charge is 0.479 e. The number of ether oxygens (including phenoxy) is 2. The molecular weight excluding hydrogens is 358 g/mol. The number of benzene rings is 1. The fourth-order valence-electron chi connectivity index (χ4n) is 2.94. The molecule has 6 atom stereocenters. The van der Waals surface area contributed by atoms with Crippen molar-refractivity contribution < 1.29 is 39.5 Å². The van der Waals surface area contributed by atoms with Gasteiger partial charge in [0.15, 0.2) is 12.4 Å². The number of aliphatic hydroxyl groups excluding tert-OH is 3. The minimum Gasteiger partial charge on any atom is -0.479 e. The summed E-state index contributed by atoms with van der Waals surface area (Å²) in [7, 11) is 0. The molecule has 0 bridgehead atoms. The first kappa shape index (κ1) is 21.3. The predicted molar refractivity (Wildman–Crippen MR) is 92.8 cm³/mol. The van der Waals surface area contributed by atoms with Gasteiger partial charge in [0.1, 0.15) is 24.5 Å². The van der Waals surface area contributed by atoms with Crippen LogP contribution < -0.4 is 0 Å². The van der Waals surface area contributed by atoms with Gasteiger partial charge in [0.05, 0.1) is 0 Å². The molecule has 0 radical (unpaired) electrons. The molecular formula is C18H25NO8. The summed E-state index contributed by atoms with van der Waals surface area (Å²) in [6.07, 6.45) is -9.42. The molecule has 1 aliphatic heterocycles. The number of aliphatic hydroxyl groups is 3. The smallest absolute Gasteiger partial charge is 0.335 e. The Labute approximate surface area is 156 Å². The number of rotatable bonds is 6. The van der Waals surface area contributed by atoms with Gasteiger partial charge in [0.25, 0.3) is 5.91 Å². The third-order valence-electron chi connectivity index (χ3n) is 4.45. The first-order valence-electron chi connectivity index (χ1n) is 8.63. The summed E-state index contributed by atoms with van der Waals surface area (Å²) in [5.41, 5.74) is 1.37. The summed E-state index contributed by atoms with van der Waals surface area (Å²) in [5.74, 6) is -1.81. The van der Waals surface area contributed by atoms with E-state index in [-0.39, 0.29) is 12.5 Å². The Morgan fingerprint density at radius 1 is 1.22 bits per heavy atom. The summed E-state index contributed by atoms with van der Waals surface area (Å²) in [6.45, 7) is 5.42. The maximum atomic E-state index is 12.7. The Bertz CT molecular complexity index is 681. The molecule has 4 N–H and O–H groups in total. The van der Waals surface area contributed by atoms with Gasteiger partial charge in [-0.15, -0.1) is 0 Å². The summed E-state index contributed by atoms with van der Waals surface area (Å²) in [6, 6.07) is 7.00. The topological polar surface area (TPSA) is 137 Å². The zero-order valence-electron chi connectivity index (χ0n) is 15.3.